The number of esters is 1. The highest BCUT2D eigenvalue weighted by molar-refractivity contribution is 5.88. The van der Waals surface area contributed by atoms with Crippen LogP contribution in [0.3, 0.4) is 0 Å². The van der Waals surface area contributed by atoms with Crippen LogP contribution in [0.5, 0.6) is 5.75 Å². The number of aliphatic hydroxyl groups excluding tert-OH is 1. The van der Waals surface area contributed by atoms with Gasteiger partial charge in [0.05, 0.1) is 13.2 Å². The van der Waals surface area contributed by atoms with Gasteiger partial charge in [-0.05, 0) is 89.0 Å². The van der Waals surface area contributed by atoms with Crippen LogP contribution in [-0.2, 0) is 22.4 Å². The number of carbonyl (C=O) groups excluding carboxylic acids is 1. The summed E-state index contributed by atoms with van der Waals surface area (Å²) in [6.07, 6.45) is 6.93. The first kappa shape index (κ1) is 27.9. The summed E-state index contributed by atoms with van der Waals surface area (Å²) in [6.45, 7) is 7.67. The van der Waals surface area contributed by atoms with Crippen LogP contribution < -0.4 is 4.74 Å². The summed E-state index contributed by atoms with van der Waals surface area (Å²) in [5, 5.41) is 11.7. The van der Waals surface area contributed by atoms with Gasteiger partial charge in [-0.3, -0.25) is 0 Å². The fraction of sp³-hybridized carbons (Fsp3) is 0.229. The van der Waals surface area contributed by atoms with Crippen molar-refractivity contribution in [1.82, 2.24) is 0 Å². The first-order valence-corrected chi connectivity index (χ1v) is 13.4. The smallest absolute Gasteiger partial charge is 0.333 e. The summed E-state index contributed by atoms with van der Waals surface area (Å²) >= 11 is 0. The van der Waals surface area contributed by atoms with Crippen molar-refractivity contribution in [3.63, 3.8) is 0 Å². The molecule has 4 aromatic rings. The molecular weight excluding hydrogens is 484 g/mol. The number of hydrogen-bond donors (Lipinski definition) is 1. The summed E-state index contributed by atoms with van der Waals surface area (Å²) in [4.78, 5) is 11.8. The third kappa shape index (κ3) is 7.46. The van der Waals surface area contributed by atoms with Crippen LogP contribution in [0.4, 0.5) is 0 Å². The minimum atomic E-state index is -0.405. The van der Waals surface area contributed by atoms with Gasteiger partial charge < -0.3 is 14.6 Å². The highest BCUT2D eigenvalue weighted by Crippen LogP contribution is 2.31. The first-order valence-electron chi connectivity index (χ1n) is 13.4. The zero-order valence-corrected chi connectivity index (χ0v) is 22.8. The maximum atomic E-state index is 11.8. The lowest BCUT2D eigenvalue weighted by molar-refractivity contribution is -0.138. The zero-order chi connectivity index (χ0) is 27.6. The maximum Gasteiger partial charge on any atom is 0.333 e. The minimum absolute atomic E-state index is 0.0697. The molecule has 39 heavy (non-hydrogen) atoms. The highest BCUT2D eigenvalue weighted by Gasteiger charge is 2.10. The van der Waals surface area contributed by atoms with Gasteiger partial charge in [0.15, 0.2) is 0 Å². The van der Waals surface area contributed by atoms with E-state index in [1.54, 1.807) is 6.92 Å². The van der Waals surface area contributed by atoms with Crippen molar-refractivity contribution in [2.75, 3.05) is 19.8 Å². The second-order valence-corrected chi connectivity index (χ2v) is 9.64. The third-order valence-corrected chi connectivity index (χ3v) is 6.65. The molecule has 4 rings (SSSR count). The van der Waals surface area contributed by atoms with Crippen molar-refractivity contribution in [2.24, 2.45) is 0 Å². The van der Waals surface area contributed by atoms with Crippen molar-refractivity contribution in [3.8, 4) is 28.0 Å². The summed E-state index contributed by atoms with van der Waals surface area (Å²) in [5.41, 5.74) is 7.12. The Balaban J connectivity index is 1.52. The van der Waals surface area contributed by atoms with E-state index in [2.05, 4.69) is 92.4 Å². The Labute approximate surface area is 231 Å². The number of aryl methyl sites for hydroxylation is 1. The summed E-state index contributed by atoms with van der Waals surface area (Å²) in [6, 6.07) is 27.9. The quantitative estimate of drug-likeness (QED) is 0.118. The number of ether oxygens (including phenoxy) is 2. The van der Waals surface area contributed by atoms with Gasteiger partial charge in [-0.1, -0.05) is 79.4 Å². The minimum Gasteiger partial charge on any atom is -0.491 e. The summed E-state index contributed by atoms with van der Waals surface area (Å²) in [5.74, 6) is 0.273. The number of carbonyl (C=O) groups is 1. The van der Waals surface area contributed by atoms with E-state index in [9.17, 15) is 9.90 Å². The lowest BCUT2D eigenvalue weighted by Crippen LogP contribution is -2.10. The fourth-order valence-corrected chi connectivity index (χ4v) is 4.53. The number of aliphatic hydroxyl groups is 1. The van der Waals surface area contributed by atoms with Crippen LogP contribution in [0.15, 0.2) is 103 Å². The Kier molecular flexibility index (Phi) is 9.71. The summed E-state index contributed by atoms with van der Waals surface area (Å²) < 4.78 is 11.0. The molecule has 0 saturated heterocycles. The van der Waals surface area contributed by atoms with Gasteiger partial charge in [-0.15, -0.1) is 0 Å². The lowest BCUT2D eigenvalue weighted by Gasteiger charge is -2.14. The predicted molar refractivity (Wildman–Crippen MR) is 160 cm³/mol. The molecule has 4 nitrogen and oxygen atoms in total. The van der Waals surface area contributed by atoms with E-state index in [0.717, 1.165) is 35.1 Å². The molecule has 4 heteroatoms. The molecule has 0 unspecified atom stereocenters. The molecular formula is C35H36O4. The van der Waals surface area contributed by atoms with Crippen molar-refractivity contribution >= 4 is 16.7 Å². The van der Waals surface area contributed by atoms with Crippen LogP contribution in [0.25, 0.3) is 33.0 Å². The van der Waals surface area contributed by atoms with E-state index < -0.39 is 5.97 Å². The molecule has 0 amide bonds. The number of benzene rings is 4. The second kappa shape index (κ2) is 13.6. The largest absolute Gasteiger partial charge is 0.491 e. The molecule has 0 bridgehead atoms. The molecule has 0 saturated carbocycles. The maximum absolute atomic E-state index is 11.8. The van der Waals surface area contributed by atoms with Gasteiger partial charge in [0.2, 0.25) is 0 Å². The number of allylic oxidation sites excluding steroid dienone is 2. The Hall–Kier alpha value is -4.15. The predicted octanol–water partition coefficient (Wildman–Crippen LogP) is 7.72. The van der Waals surface area contributed by atoms with E-state index in [0.29, 0.717) is 17.7 Å². The Morgan fingerprint density at radius 3 is 2.15 bits per heavy atom. The fourth-order valence-electron chi connectivity index (χ4n) is 4.53. The zero-order valence-electron chi connectivity index (χ0n) is 22.8. The average molecular weight is 521 g/mol. The molecule has 1 N–H and O–H groups in total. The number of fused-ring (bicyclic) bond motifs is 1. The standard InChI is InChI=1S/C35H36O4/c1-4-5-6-7-26-8-9-32-23-30(15-14-29(32)22-26)27-10-12-28(13-11-27)31-16-17-34(38-21-19-36)33(24-31)18-20-39-35(37)25(2)3/h4-5,8-17,22-24,36H,2,6-7,18-21H2,1,3H3/b5-4+. The number of rotatable bonds is 12. The number of hydrogen-bond acceptors (Lipinski definition) is 4. The Morgan fingerprint density at radius 2 is 1.46 bits per heavy atom. The van der Waals surface area contributed by atoms with Gasteiger partial charge in [0.1, 0.15) is 12.4 Å². The molecule has 0 fully saturated rings. The van der Waals surface area contributed by atoms with Gasteiger partial charge in [-0.25, -0.2) is 4.79 Å². The molecule has 0 radical (unpaired) electrons. The SMILES string of the molecule is C=C(C)C(=O)OCCc1cc(-c2ccc(-c3ccc4cc(CC/C=C/C)ccc4c3)cc2)ccc1OCCO. The lowest BCUT2D eigenvalue weighted by atomic mass is 9.96. The highest BCUT2D eigenvalue weighted by atomic mass is 16.5. The van der Waals surface area contributed by atoms with Gasteiger partial charge in [-0.2, -0.15) is 0 Å². The Bertz CT molecular complexity index is 1460. The van der Waals surface area contributed by atoms with E-state index in [4.69, 9.17) is 9.47 Å². The van der Waals surface area contributed by atoms with Gasteiger partial charge >= 0.3 is 5.97 Å². The van der Waals surface area contributed by atoms with Crippen molar-refractivity contribution in [3.05, 3.63) is 114 Å². The molecule has 0 aliphatic rings. The first-order chi connectivity index (χ1) is 19.0. The normalized spacial score (nSPS) is 11.2. The van der Waals surface area contributed by atoms with Crippen LogP contribution in [-0.4, -0.2) is 30.9 Å². The van der Waals surface area contributed by atoms with Crippen LogP contribution in [0.1, 0.15) is 31.4 Å². The second-order valence-electron chi connectivity index (χ2n) is 9.64. The monoisotopic (exact) mass is 520 g/mol. The summed E-state index contributed by atoms with van der Waals surface area (Å²) in [7, 11) is 0. The van der Waals surface area contributed by atoms with Gasteiger partial charge in [0, 0.05) is 12.0 Å². The molecule has 0 spiro atoms. The van der Waals surface area contributed by atoms with E-state index in [-0.39, 0.29) is 19.8 Å². The van der Waals surface area contributed by atoms with Crippen molar-refractivity contribution in [2.45, 2.75) is 33.1 Å². The van der Waals surface area contributed by atoms with Crippen LogP contribution in [0, 0.1) is 0 Å². The third-order valence-electron chi connectivity index (χ3n) is 6.65. The van der Waals surface area contributed by atoms with Gasteiger partial charge in [0.25, 0.3) is 0 Å². The topological polar surface area (TPSA) is 55.8 Å². The van der Waals surface area contributed by atoms with E-state index in [1.807, 2.05) is 12.1 Å². The average Bonchev–Trinajstić information content (AvgIpc) is 2.96. The van der Waals surface area contributed by atoms with Crippen LogP contribution in [0.2, 0.25) is 0 Å². The molecule has 200 valence electrons. The Morgan fingerprint density at radius 1 is 0.821 bits per heavy atom. The molecule has 0 heterocycles. The molecule has 0 atom stereocenters. The molecule has 0 aliphatic carbocycles. The molecule has 4 aromatic carbocycles. The van der Waals surface area contributed by atoms with E-state index in [1.165, 1.54) is 21.9 Å². The molecule has 0 aromatic heterocycles. The van der Waals surface area contributed by atoms with E-state index >= 15 is 0 Å². The molecule has 0 aliphatic heterocycles. The van der Waals surface area contributed by atoms with Crippen molar-refractivity contribution in [1.29, 1.82) is 0 Å². The van der Waals surface area contributed by atoms with Crippen LogP contribution >= 0.6 is 0 Å². The van der Waals surface area contributed by atoms with Crippen molar-refractivity contribution < 1.29 is 19.4 Å².